The van der Waals surface area contributed by atoms with Crippen molar-refractivity contribution in [1.82, 2.24) is 10.6 Å². The first-order valence-corrected chi connectivity index (χ1v) is 8.58. The van der Waals surface area contributed by atoms with E-state index in [1.165, 1.54) is 6.42 Å². The van der Waals surface area contributed by atoms with Crippen LogP contribution in [0.3, 0.4) is 0 Å². The standard InChI is InChI=1S/C14H18Cl2N2OS/c15-11-4-3-10(13(16)6-11)8-20-9-14(19)18-7-12-2-1-5-17-12/h3-4,6,12,17H,1-2,5,7-9H2,(H,18,19). The van der Waals surface area contributed by atoms with E-state index >= 15 is 0 Å². The minimum Gasteiger partial charge on any atom is -0.354 e. The molecule has 2 rings (SSSR count). The first-order chi connectivity index (χ1) is 9.65. The normalized spacial score (nSPS) is 18.2. The van der Waals surface area contributed by atoms with E-state index in [2.05, 4.69) is 10.6 Å². The van der Waals surface area contributed by atoms with E-state index in [9.17, 15) is 4.79 Å². The van der Waals surface area contributed by atoms with Gasteiger partial charge in [0, 0.05) is 28.4 Å². The van der Waals surface area contributed by atoms with Crippen molar-refractivity contribution in [3.05, 3.63) is 33.8 Å². The van der Waals surface area contributed by atoms with Crippen molar-refractivity contribution < 1.29 is 4.79 Å². The molecule has 0 bridgehead atoms. The van der Waals surface area contributed by atoms with Gasteiger partial charge in [0.05, 0.1) is 5.75 Å². The lowest BCUT2D eigenvalue weighted by atomic mass is 10.2. The van der Waals surface area contributed by atoms with Gasteiger partial charge in [-0.3, -0.25) is 4.79 Å². The van der Waals surface area contributed by atoms with Gasteiger partial charge in [-0.05, 0) is 37.1 Å². The fourth-order valence-corrected chi connectivity index (χ4v) is 3.53. The Morgan fingerprint density at radius 1 is 1.45 bits per heavy atom. The summed E-state index contributed by atoms with van der Waals surface area (Å²) in [5, 5.41) is 7.60. The molecule has 1 atom stereocenters. The van der Waals surface area contributed by atoms with Crippen molar-refractivity contribution in [2.24, 2.45) is 0 Å². The molecular weight excluding hydrogens is 315 g/mol. The van der Waals surface area contributed by atoms with Crippen molar-refractivity contribution in [2.45, 2.75) is 24.6 Å². The number of carbonyl (C=O) groups is 1. The quantitative estimate of drug-likeness (QED) is 0.841. The van der Waals surface area contributed by atoms with Gasteiger partial charge in [0.1, 0.15) is 0 Å². The lowest BCUT2D eigenvalue weighted by molar-refractivity contribution is -0.118. The molecule has 0 aromatic heterocycles. The molecule has 110 valence electrons. The first-order valence-electron chi connectivity index (χ1n) is 6.67. The molecule has 1 amide bonds. The third-order valence-corrected chi connectivity index (χ3v) is 4.78. The fourth-order valence-electron chi connectivity index (χ4n) is 2.11. The zero-order valence-electron chi connectivity index (χ0n) is 11.1. The van der Waals surface area contributed by atoms with E-state index in [1.807, 2.05) is 12.1 Å². The number of carbonyl (C=O) groups excluding carboxylic acids is 1. The Morgan fingerprint density at radius 3 is 3.00 bits per heavy atom. The largest absolute Gasteiger partial charge is 0.354 e. The van der Waals surface area contributed by atoms with Crippen LogP contribution in [0.25, 0.3) is 0 Å². The smallest absolute Gasteiger partial charge is 0.230 e. The van der Waals surface area contributed by atoms with Crippen molar-refractivity contribution >= 4 is 40.9 Å². The number of amides is 1. The Bertz CT molecular complexity index is 464. The Morgan fingerprint density at radius 2 is 2.30 bits per heavy atom. The molecule has 20 heavy (non-hydrogen) atoms. The van der Waals surface area contributed by atoms with Gasteiger partial charge in [0.2, 0.25) is 5.91 Å². The van der Waals surface area contributed by atoms with E-state index in [1.54, 1.807) is 17.8 Å². The van der Waals surface area contributed by atoms with E-state index < -0.39 is 0 Å². The molecular formula is C14H18Cl2N2OS. The lowest BCUT2D eigenvalue weighted by Crippen LogP contribution is -2.37. The van der Waals surface area contributed by atoms with Crippen LogP contribution in [0.4, 0.5) is 0 Å². The topological polar surface area (TPSA) is 41.1 Å². The molecule has 1 saturated heterocycles. The number of benzene rings is 1. The van der Waals surface area contributed by atoms with Gasteiger partial charge in [0.25, 0.3) is 0 Å². The summed E-state index contributed by atoms with van der Waals surface area (Å²) in [6.07, 6.45) is 2.35. The molecule has 1 aliphatic heterocycles. The van der Waals surface area contributed by atoms with Gasteiger partial charge in [-0.1, -0.05) is 29.3 Å². The Labute approximate surface area is 133 Å². The van der Waals surface area contributed by atoms with Gasteiger partial charge in [-0.2, -0.15) is 0 Å². The number of hydrogen-bond donors (Lipinski definition) is 2. The molecule has 1 aromatic rings. The molecule has 1 aliphatic rings. The zero-order valence-corrected chi connectivity index (χ0v) is 13.5. The van der Waals surface area contributed by atoms with Crippen LogP contribution in [0.2, 0.25) is 10.0 Å². The average Bonchev–Trinajstić information content (AvgIpc) is 2.92. The van der Waals surface area contributed by atoms with Crippen LogP contribution in [0, 0.1) is 0 Å². The predicted octanol–water partition coefficient (Wildman–Crippen LogP) is 3.09. The fraction of sp³-hybridized carbons (Fsp3) is 0.500. The minimum absolute atomic E-state index is 0.0776. The van der Waals surface area contributed by atoms with Crippen molar-refractivity contribution in [2.75, 3.05) is 18.8 Å². The third-order valence-electron chi connectivity index (χ3n) is 3.21. The minimum atomic E-state index is 0.0776. The third kappa shape index (κ3) is 5.17. The maximum Gasteiger partial charge on any atom is 0.230 e. The molecule has 0 radical (unpaired) electrons. The SMILES string of the molecule is O=C(CSCc1ccc(Cl)cc1Cl)NCC1CCCN1. The molecule has 1 unspecified atom stereocenters. The highest BCUT2D eigenvalue weighted by atomic mass is 35.5. The first kappa shape index (κ1) is 16.0. The molecule has 2 N–H and O–H groups in total. The van der Waals surface area contributed by atoms with E-state index in [-0.39, 0.29) is 5.91 Å². The van der Waals surface area contributed by atoms with Crippen LogP contribution in [-0.4, -0.2) is 30.8 Å². The summed E-state index contributed by atoms with van der Waals surface area (Å²) in [4.78, 5) is 11.7. The van der Waals surface area contributed by atoms with Crippen LogP contribution < -0.4 is 10.6 Å². The van der Waals surface area contributed by atoms with Crippen LogP contribution in [0.15, 0.2) is 18.2 Å². The summed E-state index contributed by atoms with van der Waals surface area (Å²) in [6.45, 7) is 1.78. The van der Waals surface area contributed by atoms with Gasteiger partial charge >= 0.3 is 0 Å². The molecule has 1 fully saturated rings. The Hall–Kier alpha value is -0.420. The summed E-state index contributed by atoms with van der Waals surface area (Å²) >= 11 is 13.5. The van der Waals surface area contributed by atoms with Crippen molar-refractivity contribution in [3.8, 4) is 0 Å². The molecule has 3 nitrogen and oxygen atoms in total. The summed E-state index contributed by atoms with van der Waals surface area (Å²) < 4.78 is 0. The van der Waals surface area contributed by atoms with E-state index in [0.29, 0.717) is 27.6 Å². The molecule has 1 aromatic carbocycles. The second kappa shape index (κ2) is 8.13. The number of nitrogens with one attached hydrogen (secondary N) is 2. The van der Waals surface area contributed by atoms with Crippen molar-refractivity contribution in [3.63, 3.8) is 0 Å². The van der Waals surface area contributed by atoms with Crippen LogP contribution in [0.5, 0.6) is 0 Å². The highest BCUT2D eigenvalue weighted by Crippen LogP contribution is 2.24. The zero-order chi connectivity index (χ0) is 14.4. The number of rotatable bonds is 6. The second-order valence-corrected chi connectivity index (χ2v) is 6.66. The van der Waals surface area contributed by atoms with Crippen molar-refractivity contribution in [1.29, 1.82) is 0 Å². The number of hydrogen-bond acceptors (Lipinski definition) is 3. The maximum atomic E-state index is 11.7. The monoisotopic (exact) mass is 332 g/mol. The van der Waals surface area contributed by atoms with Gasteiger partial charge in [0.15, 0.2) is 0 Å². The summed E-state index contributed by atoms with van der Waals surface area (Å²) in [6, 6.07) is 5.88. The lowest BCUT2D eigenvalue weighted by Gasteiger charge is -2.11. The number of halogens is 2. The van der Waals surface area contributed by atoms with E-state index in [4.69, 9.17) is 23.2 Å². The molecule has 0 aliphatic carbocycles. The Balaban J connectivity index is 1.65. The van der Waals surface area contributed by atoms with Crippen LogP contribution >= 0.6 is 35.0 Å². The van der Waals surface area contributed by atoms with Gasteiger partial charge in [-0.15, -0.1) is 11.8 Å². The molecule has 1 heterocycles. The summed E-state index contributed by atoms with van der Waals surface area (Å²) in [5.74, 6) is 1.24. The highest BCUT2D eigenvalue weighted by molar-refractivity contribution is 7.99. The summed E-state index contributed by atoms with van der Waals surface area (Å²) in [5.41, 5.74) is 1.01. The van der Waals surface area contributed by atoms with Gasteiger partial charge < -0.3 is 10.6 Å². The van der Waals surface area contributed by atoms with Gasteiger partial charge in [-0.25, -0.2) is 0 Å². The van der Waals surface area contributed by atoms with E-state index in [0.717, 1.165) is 25.1 Å². The van der Waals surface area contributed by atoms with Crippen LogP contribution in [-0.2, 0) is 10.5 Å². The predicted molar refractivity (Wildman–Crippen MR) is 86.7 cm³/mol. The Kier molecular flexibility index (Phi) is 6.49. The maximum absolute atomic E-state index is 11.7. The number of thioether (sulfide) groups is 1. The highest BCUT2D eigenvalue weighted by Gasteiger charge is 2.14. The average molecular weight is 333 g/mol. The summed E-state index contributed by atoms with van der Waals surface area (Å²) in [7, 11) is 0. The second-order valence-electron chi connectivity index (χ2n) is 4.83. The molecule has 0 spiro atoms. The molecule has 6 heteroatoms. The molecule has 0 saturated carbocycles. The van der Waals surface area contributed by atoms with Crippen LogP contribution in [0.1, 0.15) is 18.4 Å².